The number of methoxy groups -OCH3 is 1. The van der Waals surface area contributed by atoms with Crippen LogP contribution in [0.1, 0.15) is 40.0 Å². The van der Waals surface area contributed by atoms with Crippen LogP contribution in [-0.2, 0) is 9.53 Å². The molecule has 0 N–H and O–H groups in total. The molecule has 0 heterocycles. The number of unbranched alkanes of at least 4 members (excludes halogenated alkanes) is 2. The predicted octanol–water partition coefficient (Wildman–Crippen LogP) is 3.18. The molecule has 0 radical (unpaired) electrons. The van der Waals surface area contributed by atoms with Crippen molar-refractivity contribution in [1.82, 2.24) is 0 Å². The first-order chi connectivity index (χ1) is 7.05. The second-order valence-corrected chi connectivity index (χ2v) is 4.92. The van der Waals surface area contributed by atoms with Crippen LogP contribution >= 0.6 is 0 Å². The van der Waals surface area contributed by atoms with Crippen LogP contribution in [0.4, 0.5) is 0 Å². The number of rotatable bonds is 5. The molecule has 0 aromatic heterocycles. The molecule has 0 aromatic carbocycles. The highest BCUT2D eigenvalue weighted by Crippen LogP contribution is 2.59. The van der Waals surface area contributed by atoms with Crippen molar-refractivity contribution in [2.45, 2.75) is 40.0 Å². The van der Waals surface area contributed by atoms with E-state index in [1.165, 1.54) is 20.0 Å². The standard InChI is InChI=1S/C13H22O2/c1-5-6-7-8-9-10-11(12(14)15-4)13(10,2)3/h8-11H,5-7H2,1-4H3/b9-8-. The zero-order chi connectivity index (χ0) is 11.5. The maximum absolute atomic E-state index is 11.4. The molecule has 0 saturated heterocycles. The summed E-state index contributed by atoms with van der Waals surface area (Å²) >= 11 is 0. The topological polar surface area (TPSA) is 26.3 Å². The van der Waals surface area contributed by atoms with Gasteiger partial charge in [0, 0.05) is 0 Å². The summed E-state index contributed by atoms with van der Waals surface area (Å²) in [5.74, 6) is 0.382. The fourth-order valence-electron chi connectivity index (χ4n) is 2.18. The van der Waals surface area contributed by atoms with Gasteiger partial charge in [0.05, 0.1) is 13.0 Å². The van der Waals surface area contributed by atoms with Crippen molar-refractivity contribution in [3.63, 3.8) is 0 Å². The van der Waals surface area contributed by atoms with E-state index in [9.17, 15) is 4.79 Å². The Morgan fingerprint density at radius 1 is 1.47 bits per heavy atom. The maximum atomic E-state index is 11.4. The summed E-state index contributed by atoms with van der Waals surface area (Å²) in [4.78, 5) is 11.4. The Labute approximate surface area is 92.7 Å². The number of ether oxygens (including phenoxy) is 1. The lowest BCUT2D eigenvalue weighted by Crippen LogP contribution is -2.07. The minimum Gasteiger partial charge on any atom is -0.469 e. The van der Waals surface area contributed by atoms with E-state index in [4.69, 9.17) is 4.74 Å². The van der Waals surface area contributed by atoms with Gasteiger partial charge in [0.2, 0.25) is 0 Å². The normalized spacial score (nSPS) is 28.0. The zero-order valence-corrected chi connectivity index (χ0v) is 10.2. The van der Waals surface area contributed by atoms with Gasteiger partial charge in [-0.15, -0.1) is 0 Å². The van der Waals surface area contributed by atoms with Crippen LogP contribution < -0.4 is 0 Å². The Morgan fingerprint density at radius 2 is 2.13 bits per heavy atom. The van der Waals surface area contributed by atoms with E-state index in [0.717, 1.165) is 6.42 Å². The number of hydrogen-bond acceptors (Lipinski definition) is 2. The Kier molecular flexibility index (Phi) is 3.95. The van der Waals surface area contributed by atoms with Crippen LogP contribution in [0.5, 0.6) is 0 Å². The molecular formula is C13H22O2. The monoisotopic (exact) mass is 210 g/mol. The third-order valence-corrected chi connectivity index (χ3v) is 3.43. The van der Waals surface area contributed by atoms with Crippen LogP contribution in [0.3, 0.4) is 0 Å². The summed E-state index contributed by atoms with van der Waals surface area (Å²) in [6.07, 6.45) is 7.97. The summed E-state index contributed by atoms with van der Waals surface area (Å²) < 4.78 is 4.79. The van der Waals surface area contributed by atoms with Crippen LogP contribution in [0.2, 0.25) is 0 Å². The van der Waals surface area contributed by atoms with Gasteiger partial charge in [-0.1, -0.05) is 45.8 Å². The zero-order valence-electron chi connectivity index (χ0n) is 10.2. The van der Waals surface area contributed by atoms with Crippen molar-refractivity contribution in [2.75, 3.05) is 7.11 Å². The Bertz CT molecular complexity index is 253. The molecule has 0 bridgehead atoms. The molecule has 2 heteroatoms. The predicted molar refractivity (Wildman–Crippen MR) is 61.4 cm³/mol. The van der Waals surface area contributed by atoms with Crippen molar-refractivity contribution in [1.29, 1.82) is 0 Å². The molecule has 0 spiro atoms. The first-order valence-corrected chi connectivity index (χ1v) is 5.80. The summed E-state index contributed by atoms with van der Waals surface area (Å²) in [6.45, 7) is 6.44. The number of hydrogen-bond donors (Lipinski definition) is 0. The highest BCUT2D eigenvalue weighted by Gasteiger charge is 2.61. The maximum Gasteiger partial charge on any atom is 0.309 e. The van der Waals surface area contributed by atoms with Crippen molar-refractivity contribution >= 4 is 5.97 Å². The van der Waals surface area contributed by atoms with Gasteiger partial charge >= 0.3 is 5.97 Å². The highest BCUT2D eigenvalue weighted by molar-refractivity contribution is 5.78. The third kappa shape index (κ3) is 2.61. The van der Waals surface area contributed by atoms with Gasteiger partial charge in [0.15, 0.2) is 0 Å². The molecule has 86 valence electrons. The quantitative estimate of drug-likeness (QED) is 0.396. The van der Waals surface area contributed by atoms with E-state index in [2.05, 4.69) is 32.9 Å². The molecule has 1 rings (SSSR count). The fraction of sp³-hybridized carbons (Fsp3) is 0.769. The van der Waals surface area contributed by atoms with E-state index in [0.29, 0.717) is 5.92 Å². The molecule has 1 aliphatic rings. The largest absolute Gasteiger partial charge is 0.469 e. The fourth-order valence-corrected chi connectivity index (χ4v) is 2.18. The molecule has 0 aromatic rings. The molecule has 1 aliphatic carbocycles. The molecule has 2 nitrogen and oxygen atoms in total. The number of carbonyl (C=O) groups is 1. The van der Waals surface area contributed by atoms with Crippen LogP contribution in [0, 0.1) is 17.3 Å². The summed E-state index contributed by atoms with van der Waals surface area (Å²) in [5.41, 5.74) is 0.0931. The molecule has 2 atom stereocenters. The first kappa shape index (κ1) is 12.3. The van der Waals surface area contributed by atoms with Gasteiger partial charge in [-0.25, -0.2) is 0 Å². The van der Waals surface area contributed by atoms with Crippen molar-refractivity contribution in [3.8, 4) is 0 Å². The molecule has 2 unspecified atom stereocenters. The number of esters is 1. The van der Waals surface area contributed by atoms with Crippen LogP contribution in [-0.4, -0.2) is 13.1 Å². The summed E-state index contributed by atoms with van der Waals surface area (Å²) in [7, 11) is 1.47. The van der Waals surface area contributed by atoms with Gasteiger partial charge < -0.3 is 4.74 Å². The van der Waals surface area contributed by atoms with Crippen molar-refractivity contribution in [2.24, 2.45) is 17.3 Å². The van der Waals surface area contributed by atoms with E-state index in [-0.39, 0.29) is 17.3 Å². The van der Waals surface area contributed by atoms with Gasteiger partial charge in [0.1, 0.15) is 0 Å². The van der Waals surface area contributed by atoms with Gasteiger partial charge in [-0.05, 0) is 17.8 Å². The Hall–Kier alpha value is -0.790. The highest BCUT2D eigenvalue weighted by atomic mass is 16.5. The minimum atomic E-state index is -0.0647. The van der Waals surface area contributed by atoms with E-state index in [1.807, 2.05) is 0 Å². The van der Waals surface area contributed by atoms with Crippen molar-refractivity contribution < 1.29 is 9.53 Å². The molecule has 0 amide bonds. The SMILES string of the molecule is CCCC/C=C\C1C(C(=O)OC)C1(C)C. The lowest BCUT2D eigenvalue weighted by atomic mass is 10.1. The first-order valence-electron chi connectivity index (χ1n) is 5.80. The number of carbonyl (C=O) groups excluding carboxylic acids is 1. The van der Waals surface area contributed by atoms with Crippen LogP contribution in [0.15, 0.2) is 12.2 Å². The third-order valence-electron chi connectivity index (χ3n) is 3.43. The second kappa shape index (κ2) is 4.82. The van der Waals surface area contributed by atoms with Gasteiger partial charge in [-0.2, -0.15) is 0 Å². The lowest BCUT2D eigenvalue weighted by Gasteiger charge is -1.99. The smallest absolute Gasteiger partial charge is 0.309 e. The molecular weight excluding hydrogens is 188 g/mol. The molecule has 15 heavy (non-hydrogen) atoms. The van der Waals surface area contributed by atoms with Crippen molar-refractivity contribution in [3.05, 3.63) is 12.2 Å². The molecule has 1 fully saturated rings. The molecule has 0 aliphatic heterocycles. The Balaban J connectivity index is 2.44. The summed E-state index contributed by atoms with van der Waals surface area (Å²) in [5, 5.41) is 0. The van der Waals surface area contributed by atoms with E-state index >= 15 is 0 Å². The van der Waals surface area contributed by atoms with Crippen LogP contribution in [0.25, 0.3) is 0 Å². The van der Waals surface area contributed by atoms with Gasteiger partial charge in [0.25, 0.3) is 0 Å². The molecule has 1 saturated carbocycles. The van der Waals surface area contributed by atoms with E-state index < -0.39 is 0 Å². The number of allylic oxidation sites excluding steroid dienone is 2. The van der Waals surface area contributed by atoms with E-state index in [1.54, 1.807) is 0 Å². The summed E-state index contributed by atoms with van der Waals surface area (Å²) in [6, 6.07) is 0. The lowest BCUT2D eigenvalue weighted by molar-refractivity contribution is -0.143. The average Bonchev–Trinajstić information content (AvgIpc) is 2.74. The average molecular weight is 210 g/mol. The minimum absolute atomic E-state index is 0.0647. The Morgan fingerprint density at radius 3 is 2.67 bits per heavy atom. The van der Waals surface area contributed by atoms with Gasteiger partial charge in [-0.3, -0.25) is 4.79 Å². The second-order valence-electron chi connectivity index (χ2n) is 4.92.